The monoisotopic (exact) mass is 282 g/mol. The molecule has 0 saturated carbocycles. The third-order valence-electron chi connectivity index (χ3n) is 3.11. The van der Waals surface area contributed by atoms with Gasteiger partial charge in [-0.2, -0.15) is 0 Å². The molecule has 1 unspecified atom stereocenters. The lowest BCUT2D eigenvalue weighted by molar-refractivity contribution is -0.116. The van der Waals surface area contributed by atoms with E-state index in [4.69, 9.17) is 16.3 Å². The molecule has 1 saturated heterocycles. The number of hydrogen-bond donors (Lipinski definition) is 2. The molecule has 0 spiro atoms. The van der Waals surface area contributed by atoms with E-state index < -0.39 is 0 Å². The molecular formula is C14H19ClN2O2. The van der Waals surface area contributed by atoms with E-state index in [1.54, 1.807) is 18.2 Å². The highest BCUT2D eigenvalue weighted by Crippen LogP contribution is 2.28. The van der Waals surface area contributed by atoms with E-state index in [-0.39, 0.29) is 5.91 Å². The maximum absolute atomic E-state index is 12.0. The Morgan fingerprint density at radius 2 is 2.42 bits per heavy atom. The van der Waals surface area contributed by atoms with Gasteiger partial charge < -0.3 is 15.4 Å². The minimum atomic E-state index is 0.00248. The van der Waals surface area contributed by atoms with Gasteiger partial charge in [-0.15, -0.1) is 0 Å². The molecule has 2 rings (SSSR count). The van der Waals surface area contributed by atoms with E-state index >= 15 is 0 Å². The summed E-state index contributed by atoms with van der Waals surface area (Å²) in [5.74, 6) is 0.616. The van der Waals surface area contributed by atoms with E-state index in [0.717, 1.165) is 19.4 Å². The largest absolute Gasteiger partial charge is 0.492 e. The summed E-state index contributed by atoms with van der Waals surface area (Å²) in [5.41, 5.74) is 0.675. The van der Waals surface area contributed by atoms with Crippen LogP contribution in [0.3, 0.4) is 0 Å². The van der Waals surface area contributed by atoms with Crippen LogP contribution >= 0.6 is 11.6 Å². The highest BCUT2D eigenvalue weighted by atomic mass is 35.5. The molecule has 1 fully saturated rings. The second-order valence-electron chi connectivity index (χ2n) is 4.62. The van der Waals surface area contributed by atoms with Crippen molar-refractivity contribution in [3.05, 3.63) is 23.2 Å². The molecule has 0 radical (unpaired) electrons. The smallest absolute Gasteiger partial charge is 0.226 e. The van der Waals surface area contributed by atoms with Crippen LogP contribution in [-0.4, -0.2) is 25.1 Å². The first-order chi connectivity index (χ1) is 9.19. The molecule has 0 aliphatic carbocycles. The SMILES string of the molecule is CCOc1cc(Cl)ccc1NC(=O)CC1CCCN1. The molecule has 1 aliphatic rings. The minimum Gasteiger partial charge on any atom is -0.492 e. The Bertz CT molecular complexity index is 445. The molecule has 0 aromatic heterocycles. The van der Waals surface area contributed by atoms with Crippen LogP contribution in [0.1, 0.15) is 26.2 Å². The van der Waals surface area contributed by atoms with Gasteiger partial charge >= 0.3 is 0 Å². The van der Waals surface area contributed by atoms with Crippen molar-refractivity contribution in [1.82, 2.24) is 5.32 Å². The quantitative estimate of drug-likeness (QED) is 0.873. The number of nitrogens with one attached hydrogen (secondary N) is 2. The van der Waals surface area contributed by atoms with Crippen LogP contribution in [0.4, 0.5) is 5.69 Å². The van der Waals surface area contributed by atoms with Gasteiger partial charge in [-0.3, -0.25) is 4.79 Å². The van der Waals surface area contributed by atoms with E-state index in [1.165, 1.54) is 0 Å². The van der Waals surface area contributed by atoms with Crippen LogP contribution in [0.15, 0.2) is 18.2 Å². The Kier molecular flexibility index (Phi) is 5.05. The van der Waals surface area contributed by atoms with Crippen molar-refractivity contribution < 1.29 is 9.53 Å². The maximum Gasteiger partial charge on any atom is 0.226 e. The van der Waals surface area contributed by atoms with Crippen LogP contribution in [0, 0.1) is 0 Å². The van der Waals surface area contributed by atoms with Gasteiger partial charge in [0, 0.05) is 23.6 Å². The first kappa shape index (κ1) is 14.2. The number of halogens is 1. The number of amides is 1. The van der Waals surface area contributed by atoms with Crippen LogP contribution in [-0.2, 0) is 4.79 Å². The first-order valence-corrected chi connectivity index (χ1v) is 7.02. The predicted octanol–water partition coefficient (Wildman–Crippen LogP) is 2.82. The molecule has 104 valence electrons. The summed E-state index contributed by atoms with van der Waals surface area (Å²) in [6, 6.07) is 5.53. The summed E-state index contributed by atoms with van der Waals surface area (Å²) in [6.07, 6.45) is 2.70. The zero-order valence-corrected chi connectivity index (χ0v) is 11.8. The average Bonchev–Trinajstić information content (AvgIpc) is 2.86. The number of ether oxygens (including phenoxy) is 1. The predicted molar refractivity (Wildman–Crippen MR) is 76.9 cm³/mol. The summed E-state index contributed by atoms with van der Waals surface area (Å²) >= 11 is 5.92. The number of benzene rings is 1. The second kappa shape index (κ2) is 6.78. The van der Waals surface area contributed by atoms with Gasteiger partial charge in [0.15, 0.2) is 0 Å². The number of rotatable bonds is 5. The molecule has 1 atom stereocenters. The fourth-order valence-corrected chi connectivity index (χ4v) is 2.39. The molecule has 1 aromatic rings. The third kappa shape index (κ3) is 4.11. The molecule has 5 heteroatoms. The molecule has 1 amide bonds. The lowest BCUT2D eigenvalue weighted by Crippen LogP contribution is -2.27. The lowest BCUT2D eigenvalue weighted by Gasteiger charge is -2.14. The number of carbonyl (C=O) groups is 1. The summed E-state index contributed by atoms with van der Waals surface area (Å²) in [7, 11) is 0. The minimum absolute atomic E-state index is 0.00248. The maximum atomic E-state index is 12.0. The zero-order valence-electron chi connectivity index (χ0n) is 11.0. The second-order valence-corrected chi connectivity index (χ2v) is 5.06. The van der Waals surface area contributed by atoms with E-state index in [0.29, 0.717) is 35.5 Å². The standard InChI is InChI=1S/C14H19ClN2O2/c1-2-19-13-8-10(15)5-6-12(13)17-14(18)9-11-4-3-7-16-11/h5-6,8,11,16H,2-4,7,9H2,1H3,(H,17,18). The van der Waals surface area contributed by atoms with Crippen LogP contribution in [0.25, 0.3) is 0 Å². The van der Waals surface area contributed by atoms with Crippen molar-refractivity contribution in [2.45, 2.75) is 32.2 Å². The third-order valence-corrected chi connectivity index (χ3v) is 3.35. The van der Waals surface area contributed by atoms with Crippen LogP contribution in [0.5, 0.6) is 5.75 Å². The Morgan fingerprint density at radius 3 is 3.11 bits per heavy atom. The number of carbonyl (C=O) groups excluding carboxylic acids is 1. The van der Waals surface area contributed by atoms with Gasteiger partial charge in [-0.05, 0) is 38.4 Å². The van der Waals surface area contributed by atoms with Gasteiger partial charge in [0.05, 0.1) is 12.3 Å². The van der Waals surface area contributed by atoms with Crippen molar-refractivity contribution in [2.24, 2.45) is 0 Å². The molecular weight excluding hydrogens is 264 g/mol. The average molecular weight is 283 g/mol. The Balaban J connectivity index is 1.98. The summed E-state index contributed by atoms with van der Waals surface area (Å²) < 4.78 is 5.47. The molecule has 0 bridgehead atoms. The molecule has 4 nitrogen and oxygen atoms in total. The van der Waals surface area contributed by atoms with Crippen molar-refractivity contribution in [1.29, 1.82) is 0 Å². The summed E-state index contributed by atoms with van der Waals surface area (Å²) in [4.78, 5) is 12.0. The van der Waals surface area contributed by atoms with Gasteiger partial charge in [-0.1, -0.05) is 11.6 Å². The normalized spacial score (nSPS) is 18.3. The molecule has 1 heterocycles. The zero-order chi connectivity index (χ0) is 13.7. The van der Waals surface area contributed by atoms with Crippen LogP contribution < -0.4 is 15.4 Å². The van der Waals surface area contributed by atoms with E-state index in [2.05, 4.69) is 10.6 Å². The highest BCUT2D eigenvalue weighted by molar-refractivity contribution is 6.30. The molecule has 19 heavy (non-hydrogen) atoms. The van der Waals surface area contributed by atoms with Crippen molar-refractivity contribution in [3.63, 3.8) is 0 Å². The van der Waals surface area contributed by atoms with Gasteiger partial charge in [0.2, 0.25) is 5.91 Å². The van der Waals surface area contributed by atoms with Crippen molar-refractivity contribution in [2.75, 3.05) is 18.5 Å². The fraction of sp³-hybridized carbons (Fsp3) is 0.500. The summed E-state index contributed by atoms with van der Waals surface area (Å²) in [6.45, 7) is 3.44. The number of anilines is 1. The summed E-state index contributed by atoms with van der Waals surface area (Å²) in [5, 5.41) is 6.79. The topological polar surface area (TPSA) is 50.4 Å². The highest BCUT2D eigenvalue weighted by Gasteiger charge is 2.18. The van der Waals surface area contributed by atoms with Crippen LogP contribution in [0.2, 0.25) is 5.02 Å². The Labute approximate surface area is 118 Å². The van der Waals surface area contributed by atoms with Gasteiger partial charge in [-0.25, -0.2) is 0 Å². The Morgan fingerprint density at radius 1 is 1.58 bits per heavy atom. The fourth-order valence-electron chi connectivity index (χ4n) is 2.23. The van der Waals surface area contributed by atoms with E-state index in [1.807, 2.05) is 6.92 Å². The van der Waals surface area contributed by atoms with E-state index in [9.17, 15) is 4.79 Å². The Hall–Kier alpha value is -1.26. The molecule has 2 N–H and O–H groups in total. The first-order valence-electron chi connectivity index (χ1n) is 6.64. The van der Waals surface area contributed by atoms with Crippen molar-refractivity contribution in [3.8, 4) is 5.75 Å². The molecule has 1 aromatic carbocycles. The van der Waals surface area contributed by atoms with Gasteiger partial charge in [0.1, 0.15) is 5.75 Å². The van der Waals surface area contributed by atoms with Crippen molar-refractivity contribution >= 4 is 23.2 Å². The van der Waals surface area contributed by atoms with Gasteiger partial charge in [0.25, 0.3) is 0 Å². The lowest BCUT2D eigenvalue weighted by atomic mass is 10.1. The molecule has 1 aliphatic heterocycles. The number of hydrogen-bond acceptors (Lipinski definition) is 3.